The lowest BCUT2D eigenvalue weighted by atomic mass is 9.77. The van der Waals surface area contributed by atoms with Gasteiger partial charge in [0.05, 0.1) is 6.10 Å². The van der Waals surface area contributed by atoms with E-state index in [1.54, 1.807) is 0 Å². The molecule has 1 unspecified atom stereocenters. The molecular formula is C14H19NO. The Morgan fingerprint density at radius 1 is 1.25 bits per heavy atom. The number of aliphatic hydroxyl groups excluding tert-OH is 1. The van der Waals surface area contributed by atoms with Gasteiger partial charge in [-0.25, -0.2) is 0 Å². The van der Waals surface area contributed by atoms with Crippen LogP contribution in [-0.2, 0) is 6.42 Å². The van der Waals surface area contributed by atoms with Gasteiger partial charge in [0.25, 0.3) is 0 Å². The Morgan fingerprint density at radius 2 is 2.12 bits per heavy atom. The first-order chi connectivity index (χ1) is 7.84. The van der Waals surface area contributed by atoms with E-state index in [1.165, 1.54) is 24.0 Å². The molecule has 2 aliphatic carbocycles. The Bertz CT molecular complexity index is 377. The Hall–Kier alpha value is -0.860. The summed E-state index contributed by atoms with van der Waals surface area (Å²) in [5.41, 5.74) is 3.00. The molecule has 0 saturated heterocycles. The topological polar surface area (TPSA) is 32.3 Å². The summed E-state index contributed by atoms with van der Waals surface area (Å²) in [6.07, 6.45) is 4.36. The molecule has 3 atom stereocenters. The highest BCUT2D eigenvalue weighted by atomic mass is 16.3. The summed E-state index contributed by atoms with van der Waals surface area (Å²) >= 11 is 0. The maximum atomic E-state index is 9.73. The normalized spacial score (nSPS) is 32.2. The quantitative estimate of drug-likeness (QED) is 0.809. The van der Waals surface area contributed by atoms with E-state index in [0.29, 0.717) is 12.0 Å². The van der Waals surface area contributed by atoms with Crippen LogP contribution in [0, 0.1) is 0 Å². The van der Waals surface area contributed by atoms with Crippen molar-refractivity contribution < 1.29 is 5.11 Å². The molecule has 0 aliphatic heterocycles. The largest absolute Gasteiger partial charge is 0.392 e. The average molecular weight is 217 g/mol. The lowest BCUT2D eigenvalue weighted by Gasteiger charge is -2.31. The van der Waals surface area contributed by atoms with Crippen molar-refractivity contribution in [2.75, 3.05) is 6.54 Å². The molecule has 2 aliphatic rings. The van der Waals surface area contributed by atoms with Gasteiger partial charge in [-0.15, -0.1) is 0 Å². The summed E-state index contributed by atoms with van der Waals surface area (Å²) in [5.74, 6) is 0.670. The van der Waals surface area contributed by atoms with Crippen LogP contribution in [0.15, 0.2) is 24.3 Å². The monoisotopic (exact) mass is 217 g/mol. The molecule has 0 radical (unpaired) electrons. The first-order valence-electron chi connectivity index (χ1n) is 6.34. The Labute approximate surface area is 96.7 Å². The molecule has 86 valence electrons. The van der Waals surface area contributed by atoms with Gasteiger partial charge in [0.15, 0.2) is 0 Å². The van der Waals surface area contributed by atoms with Crippen molar-refractivity contribution in [3.8, 4) is 0 Å². The Morgan fingerprint density at radius 3 is 2.88 bits per heavy atom. The molecule has 2 heteroatoms. The third-order valence-electron chi connectivity index (χ3n) is 4.07. The molecule has 1 saturated carbocycles. The van der Waals surface area contributed by atoms with Crippen molar-refractivity contribution >= 4 is 0 Å². The molecule has 0 bridgehead atoms. The highest BCUT2D eigenvalue weighted by Crippen LogP contribution is 2.34. The molecule has 1 aromatic carbocycles. The average Bonchev–Trinajstić information content (AvgIpc) is 2.66. The Balaban J connectivity index is 1.55. The molecule has 2 N–H and O–H groups in total. The fourth-order valence-corrected chi connectivity index (χ4v) is 3.02. The molecule has 3 rings (SSSR count). The van der Waals surface area contributed by atoms with E-state index in [1.807, 2.05) is 0 Å². The summed E-state index contributed by atoms with van der Waals surface area (Å²) in [7, 11) is 0. The minimum absolute atomic E-state index is 0.115. The van der Waals surface area contributed by atoms with Crippen molar-refractivity contribution in [1.29, 1.82) is 0 Å². The fourth-order valence-electron chi connectivity index (χ4n) is 3.02. The van der Waals surface area contributed by atoms with Crippen LogP contribution < -0.4 is 5.32 Å². The maximum Gasteiger partial charge on any atom is 0.0693 e. The van der Waals surface area contributed by atoms with E-state index >= 15 is 0 Å². The summed E-state index contributed by atoms with van der Waals surface area (Å²) in [5, 5.41) is 13.2. The zero-order chi connectivity index (χ0) is 11.0. The second-order valence-electron chi connectivity index (χ2n) is 5.11. The molecule has 1 fully saturated rings. The maximum absolute atomic E-state index is 9.73. The molecule has 0 spiro atoms. The van der Waals surface area contributed by atoms with Gasteiger partial charge in [-0.05, 0) is 36.8 Å². The fraction of sp³-hybridized carbons (Fsp3) is 0.571. The molecule has 1 aromatic rings. The predicted octanol–water partition coefficient (Wildman–Crippen LogP) is 1.83. The number of aliphatic hydroxyl groups is 1. The van der Waals surface area contributed by atoms with Gasteiger partial charge in [0.1, 0.15) is 0 Å². The minimum Gasteiger partial charge on any atom is -0.392 e. The summed E-state index contributed by atoms with van der Waals surface area (Å²) in [6, 6.07) is 9.03. The summed E-state index contributed by atoms with van der Waals surface area (Å²) in [4.78, 5) is 0. The van der Waals surface area contributed by atoms with Gasteiger partial charge in [-0.1, -0.05) is 24.3 Å². The highest BCUT2D eigenvalue weighted by Gasteiger charge is 2.29. The predicted molar refractivity (Wildman–Crippen MR) is 64.5 cm³/mol. The summed E-state index contributed by atoms with van der Waals surface area (Å²) in [6.45, 7) is 1.03. The number of nitrogens with one attached hydrogen (secondary N) is 1. The Kier molecular flexibility index (Phi) is 2.70. The third kappa shape index (κ3) is 1.76. The summed E-state index contributed by atoms with van der Waals surface area (Å²) < 4.78 is 0. The van der Waals surface area contributed by atoms with E-state index in [2.05, 4.69) is 29.6 Å². The van der Waals surface area contributed by atoms with Crippen LogP contribution >= 0.6 is 0 Å². The number of hydrogen-bond donors (Lipinski definition) is 2. The van der Waals surface area contributed by atoms with Crippen molar-refractivity contribution in [2.24, 2.45) is 0 Å². The van der Waals surface area contributed by atoms with Crippen LogP contribution in [0.4, 0.5) is 0 Å². The minimum atomic E-state index is -0.115. The zero-order valence-corrected chi connectivity index (χ0v) is 9.52. The lowest BCUT2D eigenvalue weighted by molar-refractivity contribution is 0.148. The van der Waals surface area contributed by atoms with Crippen molar-refractivity contribution in [3.05, 3.63) is 35.4 Å². The van der Waals surface area contributed by atoms with E-state index in [0.717, 1.165) is 19.4 Å². The first kappa shape index (κ1) is 10.3. The standard InChI is InChI=1S/C14H19NO/c16-14-7-3-6-13(14)15-9-11-8-10-4-1-2-5-12(10)11/h1-2,4-5,11,13-16H,3,6-9H2/t11?,13-,14-/m0/s1. The molecule has 0 aromatic heterocycles. The van der Waals surface area contributed by atoms with Crippen LogP contribution in [0.2, 0.25) is 0 Å². The van der Waals surface area contributed by atoms with Gasteiger partial charge in [0.2, 0.25) is 0 Å². The van der Waals surface area contributed by atoms with Gasteiger partial charge in [-0.2, -0.15) is 0 Å². The lowest BCUT2D eigenvalue weighted by Crippen LogP contribution is -2.40. The van der Waals surface area contributed by atoms with Crippen LogP contribution in [0.1, 0.15) is 36.3 Å². The van der Waals surface area contributed by atoms with Gasteiger partial charge < -0.3 is 10.4 Å². The van der Waals surface area contributed by atoms with Crippen LogP contribution in [-0.4, -0.2) is 23.8 Å². The molecule has 2 nitrogen and oxygen atoms in total. The molecule has 0 amide bonds. The first-order valence-corrected chi connectivity index (χ1v) is 6.34. The van der Waals surface area contributed by atoms with E-state index in [-0.39, 0.29) is 6.10 Å². The van der Waals surface area contributed by atoms with Crippen LogP contribution in [0.3, 0.4) is 0 Å². The number of benzene rings is 1. The van der Waals surface area contributed by atoms with Crippen molar-refractivity contribution in [1.82, 2.24) is 5.32 Å². The van der Waals surface area contributed by atoms with Crippen molar-refractivity contribution in [3.63, 3.8) is 0 Å². The van der Waals surface area contributed by atoms with E-state index in [4.69, 9.17) is 0 Å². The molecular weight excluding hydrogens is 198 g/mol. The molecule has 0 heterocycles. The number of fused-ring (bicyclic) bond motifs is 1. The van der Waals surface area contributed by atoms with E-state index < -0.39 is 0 Å². The number of rotatable bonds is 3. The van der Waals surface area contributed by atoms with Gasteiger partial charge >= 0.3 is 0 Å². The van der Waals surface area contributed by atoms with Crippen LogP contribution in [0.5, 0.6) is 0 Å². The highest BCUT2D eigenvalue weighted by molar-refractivity contribution is 5.40. The number of hydrogen-bond acceptors (Lipinski definition) is 2. The van der Waals surface area contributed by atoms with Gasteiger partial charge in [0, 0.05) is 18.5 Å². The second kappa shape index (κ2) is 4.19. The second-order valence-corrected chi connectivity index (χ2v) is 5.11. The van der Waals surface area contributed by atoms with Gasteiger partial charge in [-0.3, -0.25) is 0 Å². The molecule has 16 heavy (non-hydrogen) atoms. The smallest absolute Gasteiger partial charge is 0.0693 e. The SMILES string of the molecule is O[C@H]1CCC[C@@H]1NCC1Cc2ccccc21. The van der Waals surface area contributed by atoms with Crippen molar-refractivity contribution in [2.45, 2.75) is 43.7 Å². The van der Waals surface area contributed by atoms with Crippen LogP contribution in [0.25, 0.3) is 0 Å². The third-order valence-corrected chi connectivity index (χ3v) is 4.07. The zero-order valence-electron chi connectivity index (χ0n) is 9.52. The van der Waals surface area contributed by atoms with E-state index in [9.17, 15) is 5.11 Å².